The largest absolute Gasteiger partial charge is 0.387 e. The molecular formula is C10H14N4O5S. The number of non-ortho nitro benzene ring substituents is 1. The maximum Gasteiger partial charge on any atom is 0.270 e. The van der Waals surface area contributed by atoms with E-state index >= 15 is 0 Å². The van der Waals surface area contributed by atoms with Crippen LogP contribution in [0.15, 0.2) is 23.1 Å². The Kier molecular flexibility index (Phi) is 4.63. The molecule has 20 heavy (non-hydrogen) atoms. The molecule has 0 bridgehead atoms. The van der Waals surface area contributed by atoms with Crippen molar-refractivity contribution in [3.63, 3.8) is 0 Å². The number of sulfonamides is 1. The summed E-state index contributed by atoms with van der Waals surface area (Å²) in [6, 6.07) is 2.20. The van der Waals surface area contributed by atoms with Crippen molar-refractivity contribution in [1.29, 1.82) is 0 Å². The third kappa shape index (κ3) is 3.42. The highest BCUT2D eigenvalue weighted by Gasteiger charge is 2.25. The number of nitro groups is 1. The third-order valence-electron chi connectivity index (χ3n) is 2.49. The van der Waals surface area contributed by atoms with Crippen LogP contribution in [0.25, 0.3) is 0 Å². The van der Waals surface area contributed by atoms with Crippen LogP contribution in [0.4, 0.5) is 11.4 Å². The van der Waals surface area contributed by atoms with Gasteiger partial charge in [0.25, 0.3) is 5.69 Å². The molecule has 0 heterocycles. The molecule has 1 amide bonds. The smallest absolute Gasteiger partial charge is 0.270 e. The molecule has 110 valence electrons. The molecule has 0 aromatic heterocycles. The Balaban J connectivity index is 3.31. The molecule has 0 aliphatic rings. The average Bonchev–Trinajstić information content (AvgIpc) is 2.37. The summed E-state index contributed by atoms with van der Waals surface area (Å²) in [6.07, 6.45) is 0. The molecule has 1 aromatic carbocycles. The minimum atomic E-state index is -4.12. The number of amides is 1. The highest BCUT2D eigenvalue weighted by atomic mass is 32.2. The lowest BCUT2D eigenvalue weighted by atomic mass is 10.3. The molecule has 1 aromatic rings. The highest BCUT2D eigenvalue weighted by molar-refractivity contribution is 7.89. The minimum Gasteiger partial charge on any atom is -0.387 e. The van der Waals surface area contributed by atoms with Crippen molar-refractivity contribution in [3.8, 4) is 0 Å². The second-order valence-electron chi connectivity index (χ2n) is 3.93. The maximum absolute atomic E-state index is 12.1. The van der Waals surface area contributed by atoms with E-state index < -0.39 is 26.9 Å². The summed E-state index contributed by atoms with van der Waals surface area (Å²) in [5, 5.41) is 13.3. The quantitative estimate of drug-likeness (QED) is 0.489. The zero-order chi connectivity index (χ0) is 15.5. The van der Waals surface area contributed by atoms with Crippen molar-refractivity contribution in [3.05, 3.63) is 28.3 Å². The second-order valence-corrected chi connectivity index (χ2v) is 5.62. The van der Waals surface area contributed by atoms with Gasteiger partial charge in [-0.25, -0.2) is 8.42 Å². The van der Waals surface area contributed by atoms with Crippen molar-refractivity contribution >= 4 is 27.3 Å². The minimum absolute atomic E-state index is 0.166. The Morgan fingerprint density at radius 3 is 2.50 bits per heavy atom. The van der Waals surface area contributed by atoms with Gasteiger partial charge < -0.3 is 11.1 Å². The van der Waals surface area contributed by atoms with E-state index in [1.165, 1.54) is 26.1 Å². The first-order chi connectivity index (χ1) is 9.19. The van der Waals surface area contributed by atoms with Crippen LogP contribution in [-0.2, 0) is 14.8 Å². The fourth-order valence-electron chi connectivity index (χ4n) is 1.41. The number of rotatable bonds is 6. The Labute approximate surface area is 115 Å². The lowest BCUT2D eigenvalue weighted by Gasteiger charge is -2.13. The van der Waals surface area contributed by atoms with E-state index in [9.17, 15) is 23.3 Å². The van der Waals surface area contributed by atoms with Crippen LogP contribution in [-0.4, -0.2) is 32.3 Å². The van der Waals surface area contributed by atoms with Gasteiger partial charge in [-0.05, 0) is 13.0 Å². The molecule has 0 radical (unpaired) electrons. The van der Waals surface area contributed by atoms with Crippen LogP contribution >= 0.6 is 0 Å². The normalized spacial score (nSPS) is 12.7. The molecule has 0 fully saturated rings. The number of nitro benzene ring substituents is 1. The van der Waals surface area contributed by atoms with E-state index in [0.29, 0.717) is 0 Å². The highest BCUT2D eigenvalue weighted by Crippen LogP contribution is 2.26. The first kappa shape index (κ1) is 15.9. The lowest BCUT2D eigenvalue weighted by Crippen LogP contribution is -2.42. The predicted octanol–water partition coefficient (Wildman–Crippen LogP) is -0.211. The summed E-state index contributed by atoms with van der Waals surface area (Å²) in [5.74, 6) is -0.856. The van der Waals surface area contributed by atoms with Crippen LogP contribution in [0.1, 0.15) is 6.92 Å². The number of primary amides is 1. The zero-order valence-electron chi connectivity index (χ0n) is 10.8. The van der Waals surface area contributed by atoms with Crippen LogP contribution < -0.4 is 15.8 Å². The second kappa shape index (κ2) is 5.84. The third-order valence-corrected chi connectivity index (χ3v) is 4.07. The van der Waals surface area contributed by atoms with E-state index in [-0.39, 0.29) is 16.3 Å². The Bertz CT molecular complexity index is 643. The molecule has 1 atom stereocenters. The molecule has 0 saturated heterocycles. The van der Waals surface area contributed by atoms with Gasteiger partial charge >= 0.3 is 0 Å². The molecule has 10 heteroatoms. The summed E-state index contributed by atoms with van der Waals surface area (Å²) in [5.41, 5.74) is 4.77. The fraction of sp³-hybridized carbons (Fsp3) is 0.300. The number of benzene rings is 1. The van der Waals surface area contributed by atoms with Gasteiger partial charge in [-0.1, -0.05) is 0 Å². The van der Waals surface area contributed by atoms with Crippen molar-refractivity contribution in [2.24, 2.45) is 5.73 Å². The summed E-state index contributed by atoms with van der Waals surface area (Å²) < 4.78 is 26.3. The SMILES string of the molecule is CNc1ccc([N+](=O)[O-])cc1S(=O)(=O)NC(C)C(N)=O. The Hall–Kier alpha value is -2.20. The van der Waals surface area contributed by atoms with Gasteiger partial charge in [-0.2, -0.15) is 4.72 Å². The molecule has 0 saturated carbocycles. The molecule has 1 unspecified atom stereocenters. The lowest BCUT2D eigenvalue weighted by molar-refractivity contribution is -0.385. The van der Waals surface area contributed by atoms with Crippen molar-refractivity contribution < 1.29 is 18.1 Å². The van der Waals surface area contributed by atoms with Gasteiger partial charge in [-0.15, -0.1) is 0 Å². The first-order valence-corrected chi connectivity index (χ1v) is 6.95. The molecule has 0 aliphatic heterocycles. The van der Waals surface area contributed by atoms with Crippen LogP contribution in [0.2, 0.25) is 0 Å². The van der Waals surface area contributed by atoms with E-state index in [4.69, 9.17) is 5.73 Å². The van der Waals surface area contributed by atoms with E-state index in [1.54, 1.807) is 0 Å². The Morgan fingerprint density at radius 1 is 1.45 bits per heavy atom. The van der Waals surface area contributed by atoms with E-state index in [0.717, 1.165) is 6.07 Å². The number of hydrogen-bond donors (Lipinski definition) is 3. The van der Waals surface area contributed by atoms with Crippen LogP contribution in [0.5, 0.6) is 0 Å². The molecule has 1 rings (SSSR count). The van der Waals surface area contributed by atoms with Crippen LogP contribution in [0.3, 0.4) is 0 Å². The van der Waals surface area contributed by atoms with E-state index in [1.807, 2.05) is 4.72 Å². The van der Waals surface area contributed by atoms with E-state index in [2.05, 4.69) is 5.32 Å². The van der Waals surface area contributed by atoms with Gasteiger partial charge in [0.2, 0.25) is 15.9 Å². The molecular weight excluding hydrogens is 288 g/mol. The summed E-state index contributed by atoms with van der Waals surface area (Å²) in [4.78, 5) is 20.6. The molecule has 0 spiro atoms. The number of nitrogens with two attached hydrogens (primary N) is 1. The van der Waals surface area contributed by atoms with Gasteiger partial charge in [0.15, 0.2) is 0 Å². The number of carbonyl (C=O) groups is 1. The molecule has 9 nitrogen and oxygen atoms in total. The standard InChI is InChI=1S/C10H14N4O5S/c1-6(10(11)15)13-20(18,19)9-5-7(14(16)17)3-4-8(9)12-2/h3-6,12-13H,1-2H3,(H2,11,15). The maximum atomic E-state index is 12.1. The Morgan fingerprint density at radius 2 is 2.05 bits per heavy atom. The fourth-order valence-corrected chi connectivity index (χ4v) is 2.85. The van der Waals surface area contributed by atoms with Gasteiger partial charge in [0.05, 0.1) is 16.7 Å². The van der Waals surface area contributed by atoms with Crippen LogP contribution in [0, 0.1) is 10.1 Å². The monoisotopic (exact) mass is 302 g/mol. The van der Waals surface area contributed by atoms with Gasteiger partial charge in [0.1, 0.15) is 4.90 Å². The molecule has 4 N–H and O–H groups in total. The molecule has 0 aliphatic carbocycles. The number of anilines is 1. The van der Waals surface area contributed by atoms with Crippen molar-refractivity contribution in [1.82, 2.24) is 4.72 Å². The zero-order valence-corrected chi connectivity index (χ0v) is 11.6. The number of nitrogens with one attached hydrogen (secondary N) is 2. The topological polar surface area (TPSA) is 144 Å². The average molecular weight is 302 g/mol. The van der Waals surface area contributed by atoms with Crippen molar-refractivity contribution in [2.75, 3.05) is 12.4 Å². The van der Waals surface area contributed by atoms with Gasteiger partial charge in [0, 0.05) is 19.2 Å². The predicted molar refractivity (Wildman–Crippen MR) is 71.6 cm³/mol. The van der Waals surface area contributed by atoms with Crippen molar-refractivity contribution in [2.45, 2.75) is 17.9 Å². The summed E-state index contributed by atoms with van der Waals surface area (Å²) >= 11 is 0. The van der Waals surface area contributed by atoms with Gasteiger partial charge in [-0.3, -0.25) is 14.9 Å². The number of carbonyl (C=O) groups excluding carboxylic acids is 1. The number of hydrogen-bond acceptors (Lipinski definition) is 6. The summed E-state index contributed by atoms with van der Waals surface area (Å²) in [7, 11) is -2.65. The number of nitrogens with zero attached hydrogens (tertiary/aromatic N) is 1. The first-order valence-electron chi connectivity index (χ1n) is 5.47. The summed E-state index contributed by atoms with van der Waals surface area (Å²) in [6.45, 7) is 1.27.